The summed E-state index contributed by atoms with van der Waals surface area (Å²) >= 11 is 5.93. The number of ketones is 1. The third-order valence-corrected chi connectivity index (χ3v) is 3.48. The van der Waals surface area contributed by atoms with Crippen LogP contribution in [0.25, 0.3) is 6.08 Å². The van der Waals surface area contributed by atoms with Crippen molar-refractivity contribution < 1.29 is 9.90 Å². The molecular formula is C16H11ClO2. The summed E-state index contributed by atoms with van der Waals surface area (Å²) < 4.78 is 0. The van der Waals surface area contributed by atoms with Crippen molar-refractivity contribution in [3.63, 3.8) is 0 Å². The molecule has 94 valence electrons. The molecule has 0 saturated carbocycles. The number of phenols is 1. The molecule has 19 heavy (non-hydrogen) atoms. The largest absolute Gasteiger partial charge is 0.508 e. The number of carbonyl (C=O) groups is 1. The smallest absolute Gasteiger partial charge is 0.189 e. The van der Waals surface area contributed by atoms with Gasteiger partial charge in [-0.3, -0.25) is 4.79 Å². The van der Waals surface area contributed by atoms with Gasteiger partial charge in [0.2, 0.25) is 0 Å². The van der Waals surface area contributed by atoms with E-state index in [0.717, 1.165) is 5.56 Å². The van der Waals surface area contributed by atoms with E-state index in [1.165, 1.54) is 0 Å². The lowest BCUT2D eigenvalue weighted by Gasteiger charge is -1.98. The van der Waals surface area contributed by atoms with Gasteiger partial charge in [-0.25, -0.2) is 0 Å². The number of benzene rings is 2. The van der Waals surface area contributed by atoms with E-state index in [-0.39, 0.29) is 11.5 Å². The minimum absolute atomic E-state index is 0.0223. The van der Waals surface area contributed by atoms with Crippen LogP contribution < -0.4 is 0 Å². The monoisotopic (exact) mass is 270 g/mol. The molecule has 0 aliphatic heterocycles. The second-order valence-electron chi connectivity index (χ2n) is 4.53. The number of rotatable bonds is 1. The Morgan fingerprint density at radius 2 is 1.95 bits per heavy atom. The third-order valence-electron chi connectivity index (χ3n) is 3.24. The topological polar surface area (TPSA) is 37.3 Å². The fraction of sp³-hybridized carbons (Fsp3) is 0.0625. The van der Waals surface area contributed by atoms with Crippen molar-refractivity contribution >= 4 is 23.5 Å². The molecule has 3 rings (SSSR count). The molecule has 0 spiro atoms. The number of hydrogen-bond donors (Lipinski definition) is 1. The summed E-state index contributed by atoms with van der Waals surface area (Å²) in [6, 6.07) is 12.4. The van der Waals surface area contributed by atoms with Crippen LogP contribution in [0.3, 0.4) is 0 Å². The molecule has 2 nitrogen and oxygen atoms in total. The summed E-state index contributed by atoms with van der Waals surface area (Å²) in [6.45, 7) is 0. The summed E-state index contributed by atoms with van der Waals surface area (Å²) in [6.07, 6.45) is 2.29. The summed E-state index contributed by atoms with van der Waals surface area (Å²) in [7, 11) is 0. The highest BCUT2D eigenvalue weighted by Crippen LogP contribution is 2.33. The van der Waals surface area contributed by atoms with Gasteiger partial charge >= 0.3 is 0 Å². The van der Waals surface area contributed by atoms with Crippen LogP contribution in [0.15, 0.2) is 48.0 Å². The molecular weight excluding hydrogens is 260 g/mol. The van der Waals surface area contributed by atoms with Crippen LogP contribution in [-0.2, 0) is 6.42 Å². The summed E-state index contributed by atoms with van der Waals surface area (Å²) in [4.78, 5) is 12.2. The fourth-order valence-corrected chi connectivity index (χ4v) is 2.53. The third kappa shape index (κ3) is 2.15. The Morgan fingerprint density at radius 1 is 1.16 bits per heavy atom. The van der Waals surface area contributed by atoms with Gasteiger partial charge in [0, 0.05) is 28.1 Å². The zero-order chi connectivity index (χ0) is 13.4. The first-order valence-electron chi connectivity index (χ1n) is 5.97. The number of allylic oxidation sites excluding steroid dienone is 1. The molecule has 0 bridgehead atoms. The van der Waals surface area contributed by atoms with Gasteiger partial charge in [0.05, 0.1) is 0 Å². The van der Waals surface area contributed by atoms with E-state index >= 15 is 0 Å². The first-order valence-corrected chi connectivity index (χ1v) is 6.34. The zero-order valence-electron chi connectivity index (χ0n) is 10.1. The van der Waals surface area contributed by atoms with Crippen LogP contribution in [0.1, 0.15) is 21.5 Å². The van der Waals surface area contributed by atoms with Crippen molar-refractivity contribution in [1.82, 2.24) is 0 Å². The number of phenolic OH excluding ortho intramolecular Hbond substituents is 1. The summed E-state index contributed by atoms with van der Waals surface area (Å²) in [5.74, 6) is 0.159. The number of fused-ring (bicyclic) bond motifs is 1. The Bertz CT molecular complexity index is 702. The van der Waals surface area contributed by atoms with E-state index in [4.69, 9.17) is 11.6 Å². The van der Waals surface area contributed by atoms with Crippen molar-refractivity contribution in [1.29, 1.82) is 0 Å². The SMILES string of the molecule is O=C1/C(=C\c2cccc(Cl)c2)Cc2c(O)cccc21. The Kier molecular flexibility index (Phi) is 2.88. The average molecular weight is 271 g/mol. The minimum Gasteiger partial charge on any atom is -0.508 e. The van der Waals surface area contributed by atoms with Crippen LogP contribution in [0, 0.1) is 0 Å². The molecule has 1 aliphatic rings. The predicted molar refractivity (Wildman–Crippen MR) is 75.6 cm³/mol. The number of hydrogen-bond acceptors (Lipinski definition) is 2. The van der Waals surface area contributed by atoms with E-state index in [9.17, 15) is 9.90 Å². The Morgan fingerprint density at radius 3 is 2.68 bits per heavy atom. The van der Waals surface area contributed by atoms with Crippen molar-refractivity contribution in [2.24, 2.45) is 0 Å². The van der Waals surface area contributed by atoms with E-state index < -0.39 is 0 Å². The second kappa shape index (κ2) is 4.56. The molecule has 0 fully saturated rings. The Balaban J connectivity index is 2.02. The number of carbonyl (C=O) groups excluding carboxylic acids is 1. The Hall–Kier alpha value is -2.06. The molecule has 0 aromatic heterocycles. The maximum atomic E-state index is 12.2. The van der Waals surface area contributed by atoms with E-state index in [1.807, 2.05) is 24.3 Å². The molecule has 0 heterocycles. The van der Waals surface area contributed by atoms with Gasteiger partial charge < -0.3 is 5.11 Å². The van der Waals surface area contributed by atoms with Crippen LogP contribution in [-0.4, -0.2) is 10.9 Å². The first-order chi connectivity index (χ1) is 9.15. The van der Waals surface area contributed by atoms with Gasteiger partial charge in [-0.1, -0.05) is 35.9 Å². The highest BCUT2D eigenvalue weighted by molar-refractivity contribution is 6.30. The number of halogens is 1. The average Bonchev–Trinajstić information content (AvgIpc) is 2.69. The highest BCUT2D eigenvalue weighted by atomic mass is 35.5. The van der Waals surface area contributed by atoms with E-state index in [1.54, 1.807) is 24.3 Å². The van der Waals surface area contributed by atoms with Gasteiger partial charge in [-0.15, -0.1) is 0 Å². The fourth-order valence-electron chi connectivity index (χ4n) is 2.33. The molecule has 2 aromatic rings. The molecule has 0 unspecified atom stereocenters. The molecule has 2 aromatic carbocycles. The number of aromatic hydroxyl groups is 1. The molecule has 0 atom stereocenters. The lowest BCUT2D eigenvalue weighted by Crippen LogP contribution is -1.94. The van der Waals surface area contributed by atoms with Gasteiger partial charge in [-0.05, 0) is 29.8 Å². The lowest BCUT2D eigenvalue weighted by atomic mass is 10.1. The minimum atomic E-state index is -0.0223. The quantitative estimate of drug-likeness (QED) is 0.799. The number of Topliss-reactive ketones (excluding diaryl/α,β-unsaturated/α-hetero) is 1. The van der Waals surface area contributed by atoms with Crippen LogP contribution in [0.4, 0.5) is 0 Å². The van der Waals surface area contributed by atoms with Crippen molar-refractivity contribution in [2.75, 3.05) is 0 Å². The van der Waals surface area contributed by atoms with Crippen LogP contribution in [0.2, 0.25) is 5.02 Å². The van der Waals surface area contributed by atoms with Crippen molar-refractivity contribution in [3.8, 4) is 5.75 Å². The maximum Gasteiger partial charge on any atom is 0.189 e. The van der Waals surface area contributed by atoms with Gasteiger partial charge in [0.15, 0.2) is 5.78 Å². The van der Waals surface area contributed by atoms with Crippen LogP contribution in [0.5, 0.6) is 5.75 Å². The van der Waals surface area contributed by atoms with Gasteiger partial charge in [0.1, 0.15) is 5.75 Å². The zero-order valence-corrected chi connectivity index (χ0v) is 10.8. The molecule has 3 heteroatoms. The molecule has 1 aliphatic carbocycles. The molecule has 0 amide bonds. The highest BCUT2D eigenvalue weighted by Gasteiger charge is 2.26. The summed E-state index contributed by atoms with van der Waals surface area (Å²) in [5.41, 5.74) is 2.87. The standard InChI is InChI=1S/C16H11ClO2/c17-12-4-1-3-10(8-12)7-11-9-14-13(16(11)19)5-2-6-15(14)18/h1-8,18H,9H2/b11-7-. The molecule has 0 saturated heterocycles. The van der Waals surface area contributed by atoms with Gasteiger partial charge in [-0.2, -0.15) is 0 Å². The van der Waals surface area contributed by atoms with Gasteiger partial charge in [0.25, 0.3) is 0 Å². The normalized spacial score (nSPS) is 15.8. The first kappa shape index (κ1) is 12.0. The summed E-state index contributed by atoms with van der Waals surface area (Å²) in [5, 5.41) is 10.4. The van der Waals surface area contributed by atoms with E-state index in [2.05, 4.69) is 0 Å². The van der Waals surface area contributed by atoms with E-state index in [0.29, 0.717) is 28.1 Å². The lowest BCUT2D eigenvalue weighted by molar-refractivity contribution is 0.104. The second-order valence-corrected chi connectivity index (χ2v) is 4.97. The Labute approximate surface area is 116 Å². The van der Waals surface area contributed by atoms with Crippen LogP contribution >= 0.6 is 11.6 Å². The maximum absolute atomic E-state index is 12.2. The van der Waals surface area contributed by atoms with Crippen molar-refractivity contribution in [2.45, 2.75) is 6.42 Å². The van der Waals surface area contributed by atoms with Crippen molar-refractivity contribution in [3.05, 3.63) is 69.8 Å². The molecule has 1 N–H and O–H groups in total. The molecule has 0 radical (unpaired) electrons. The predicted octanol–water partition coefficient (Wildman–Crippen LogP) is 3.87.